The van der Waals surface area contributed by atoms with Gasteiger partial charge in [0.25, 0.3) is 0 Å². The van der Waals surface area contributed by atoms with Crippen LogP contribution in [-0.2, 0) is 10.0 Å². The molecule has 6 nitrogen and oxygen atoms in total. The Bertz CT molecular complexity index is 796. The van der Waals surface area contributed by atoms with E-state index in [9.17, 15) is 8.42 Å². The predicted molar refractivity (Wildman–Crippen MR) is 85.3 cm³/mol. The van der Waals surface area contributed by atoms with Crippen LogP contribution < -0.4 is 5.32 Å². The first kappa shape index (κ1) is 14.5. The predicted octanol–water partition coefficient (Wildman–Crippen LogP) is 1.46. The van der Waals surface area contributed by atoms with Crippen LogP contribution in [0.4, 0.5) is 0 Å². The highest BCUT2D eigenvalue weighted by molar-refractivity contribution is 7.89. The summed E-state index contributed by atoms with van der Waals surface area (Å²) in [5.41, 5.74) is 1.31. The van der Waals surface area contributed by atoms with Crippen LogP contribution in [0.15, 0.2) is 23.1 Å². The summed E-state index contributed by atoms with van der Waals surface area (Å²) in [6.07, 6.45) is 3.07. The first-order valence-corrected chi connectivity index (χ1v) is 9.70. The third-order valence-electron chi connectivity index (χ3n) is 4.93. The lowest BCUT2D eigenvalue weighted by Crippen LogP contribution is -2.39. The average Bonchev–Trinajstić information content (AvgIpc) is 3.15. The van der Waals surface area contributed by atoms with E-state index in [1.807, 2.05) is 0 Å². The molecule has 0 amide bonds. The summed E-state index contributed by atoms with van der Waals surface area (Å²) in [5.74, 6) is 0. The Labute approximate surface area is 133 Å². The van der Waals surface area contributed by atoms with Crippen LogP contribution in [-0.4, -0.2) is 47.6 Å². The standard InChI is InChI=1S/C14H18N4O2S2/c19-22(20,12-3-1-2-11-13(12)17-21-16-11)18-9-6-14(10-18)4-7-15-8-5-14/h1-3,15H,4-10H2. The minimum atomic E-state index is -3.49. The maximum absolute atomic E-state index is 13.0. The molecule has 2 aliphatic heterocycles. The molecule has 2 aliphatic rings. The monoisotopic (exact) mass is 338 g/mol. The first-order chi connectivity index (χ1) is 10.6. The van der Waals surface area contributed by atoms with Crippen molar-refractivity contribution in [2.24, 2.45) is 5.41 Å². The fraction of sp³-hybridized carbons (Fsp3) is 0.571. The molecule has 2 aromatic rings. The van der Waals surface area contributed by atoms with E-state index < -0.39 is 10.0 Å². The number of piperidine rings is 1. The summed E-state index contributed by atoms with van der Waals surface area (Å²) in [7, 11) is -3.49. The Morgan fingerprint density at radius 3 is 2.82 bits per heavy atom. The van der Waals surface area contributed by atoms with Gasteiger partial charge in [-0.3, -0.25) is 0 Å². The van der Waals surface area contributed by atoms with Crippen molar-refractivity contribution in [3.8, 4) is 0 Å². The van der Waals surface area contributed by atoms with Gasteiger partial charge in [0.15, 0.2) is 0 Å². The van der Waals surface area contributed by atoms with Gasteiger partial charge in [-0.1, -0.05) is 6.07 Å². The molecule has 4 rings (SSSR count). The summed E-state index contributed by atoms with van der Waals surface area (Å²) < 4.78 is 36.0. The molecule has 1 spiro atoms. The molecule has 1 aromatic heterocycles. The quantitative estimate of drug-likeness (QED) is 0.897. The van der Waals surface area contributed by atoms with Gasteiger partial charge in [0.05, 0.1) is 11.7 Å². The van der Waals surface area contributed by atoms with E-state index in [-0.39, 0.29) is 5.41 Å². The Morgan fingerprint density at radius 1 is 1.18 bits per heavy atom. The molecule has 1 N–H and O–H groups in total. The Morgan fingerprint density at radius 2 is 2.00 bits per heavy atom. The van der Waals surface area contributed by atoms with Gasteiger partial charge in [0, 0.05) is 13.1 Å². The number of nitrogens with zero attached hydrogens (tertiary/aromatic N) is 3. The lowest BCUT2D eigenvalue weighted by Gasteiger charge is -2.33. The average molecular weight is 338 g/mol. The Balaban J connectivity index is 1.68. The number of sulfonamides is 1. The summed E-state index contributed by atoms with van der Waals surface area (Å²) in [6, 6.07) is 5.19. The molecule has 22 heavy (non-hydrogen) atoms. The molecule has 0 unspecified atom stereocenters. The van der Waals surface area contributed by atoms with Crippen molar-refractivity contribution < 1.29 is 8.42 Å². The molecule has 2 saturated heterocycles. The highest BCUT2D eigenvalue weighted by Gasteiger charge is 2.43. The summed E-state index contributed by atoms with van der Waals surface area (Å²) in [5, 5.41) is 3.36. The highest BCUT2D eigenvalue weighted by Crippen LogP contribution is 2.41. The zero-order valence-corrected chi connectivity index (χ0v) is 13.8. The van der Waals surface area contributed by atoms with Crippen LogP contribution in [0.1, 0.15) is 19.3 Å². The molecule has 0 atom stereocenters. The molecular weight excluding hydrogens is 320 g/mol. The maximum atomic E-state index is 13.0. The van der Waals surface area contributed by atoms with Gasteiger partial charge in [-0.15, -0.1) is 0 Å². The van der Waals surface area contributed by atoms with E-state index in [2.05, 4.69) is 14.1 Å². The zero-order chi connectivity index (χ0) is 15.2. The topological polar surface area (TPSA) is 75.2 Å². The van der Waals surface area contributed by atoms with Crippen molar-refractivity contribution in [3.63, 3.8) is 0 Å². The minimum absolute atomic E-state index is 0.159. The van der Waals surface area contributed by atoms with Crippen LogP contribution >= 0.6 is 11.7 Å². The third-order valence-corrected chi connectivity index (χ3v) is 7.35. The van der Waals surface area contributed by atoms with Crippen LogP contribution in [0.5, 0.6) is 0 Å². The van der Waals surface area contributed by atoms with E-state index in [0.717, 1.165) is 44.1 Å². The van der Waals surface area contributed by atoms with E-state index in [0.29, 0.717) is 29.0 Å². The zero-order valence-electron chi connectivity index (χ0n) is 12.2. The van der Waals surface area contributed by atoms with E-state index in [1.54, 1.807) is 22.5 Å². The largest absolute Gasteiger partial charge is 0.317 e. The number of nitrogens with one attached hydrogen (secondary N) is 1. The van der Waals surface area contributed by atoms with Gasteiger partial charge >= 0.3 is 0 Å². The Kier molecular flexibility index (Phi) is 3.44. The fourth-order valence-electron chi connectivity index (χ4n) is 3.59. The smallest absolute Gasteiger partial charge is 0.245 e. The number of fused-ring (bicyclic) bond motifs is 1. The van der Waals surface area contributed by atoms with Crippen LogP contribution in [0.25, 0.3) is 11.0 Å². The van der Waals surface area contributed by atoms with Crippen LogP contribution in [0.2, 0.25) is 0 Å². The molecule has 8 heteroatoms. The van der Waals surface area contributed by atoms with Crippen molar-refractivity contribution >= 4 is 32.8 Å². The number of rotatable bonds is 2. The molecule has 2 fully saturated rings. The van der Waals surface area contributed by atoms with Crippen LogP contribution in [0.3, 0.4) is 0 Å². The molecule has 0 saturated carbocycles. The number of aromatic nitrogens is 2. The molecule has 0 radical (unpaired) electrons. The van der Waals surface area contributed by atoms with Gasteiger partial charge in [-0.25, -0.2) is 8.42 Å². The van der Waals surface area contributed by atoms with Gasteiger partial charge in [-0.05, 0) is 49.9 Å². The van der Waals surface area contributed by atoms with Gasteiger partial charge < -0.3 is 5.32 Å². The van der Waals surface area contributed by atoms with Crippen molar-refractivity contribution in [2.75, 3.05) is 26.2 Å². The van der Waals surface area contributed by atoms with Crippen LogP contribution in [0, 0.1) is 5.41 Å². The SMILES string of the molecule is O=S(=O)(c1cccc2nsnc12)N1CCC2(CCNCC2)C1. The molecule has 0 aliphatic carbocycles. The second kappa shape index (κ2) is 5.23. The van der Waals surface area contributed by atoms with Crippen molar-refractivity contribution in [2.45, 2.75) is 24.2 Å². The summed E-state index contributed by atoms with van der Waals surface area (Å²) in [6.45, 7) is 3.21. The van der Waals surface area contributed by atoms with E-state index in [1.165, 1.54) is 0 Å². The molecule has 3 heterocycles. The summed E-state index contributed by atoms with van der Waals surface area (Å²) >= 11 is 1.06. The number of hydrogen-bond donors (Lipinski definition) is 1. The number of benzene rings is 1. The van der Waals surface area contributed by atoms with Gasteiger partial charge in [0.2, 0.25) is 10.0 Å². The first-order valence-electron chi connectivity index (χ1n) is 7.53. The van der Waals surface area contributed by atoms with Gasteiger partial charge in [-0.2, -0.15) is 13.1 Å². The summed E-state index contributed by atoms with van der Waals surface area (Å²) in [4.78, 5) is 0.296. The van der Waals surface area contributed by atoms with Gasteiger partial charge in [0.1, 0.15) is 15.9 Å². The Hall–Kier alpha value is -1.09. The van der Waals surface area contributed by atoms with Crippen molar-refractivity contribution in [3.05, 3.63) is 18.2 Å². The molecule has 0 bridgehead atoms. The van der Waals surface area contributed by atoms with E-state index >= 15 is 0 Å². The third kappa shape index (κ3) is 2.25. The molecule has 118 valence electrons. The lowest BCUT2D eigenvalue weighted by atomic mass is 9.78. The lowest BCUT2D eigenvalue weighted by molar-refractivity contribution is 0.218. The second-order valence-corrected chi connectivity index (χ2v) is 8.66. The minimum Gasteiger partial charge on any atom is -0.317 e. The number of hydrogen-bond acceptors (Lipinski definition) is 6. The molecular formula is C14H18N4O2S2. The molecule has 1 aromatic carbocycles. The van der Waals surface area contributed by atoms with E-state index in [4.69, 9.17) is 0 Å². The highest BCUT2D eigenvalue weighted by atomic mass is 32.2. The van der Waals surface area contributed by atoms with Crippen molar-refractivity contribution in [1.29, 1.82) is 0 Å². The fourth-order valence-corrected chi connectivity index (χ4v) is 5.90. The maximum Gasteiger partial charge on any atom is 0.245 e. The normalized spacial score (nSPS) is 22.5. The van der Waals surface area contributed by atoms with Crippen molar-refractivity contribution in [1.82, 2.24) is 18.4 Å². The second-order valence-electron chi connectivity index (χ2n) is 6.23.